The molecule has 3 aromatic heterocycles. The van der Waals surface area contributed by atoms with Crippen LogP contribution < -0.4 is 20.3 Å². The third-order valence-corrected chi connectivity index (χ3v) is 8.91. The zero-order chi connectivity index (χ0) is 31.7. The molecule has 0 amide bonds. The fourth-order valence-corrected chi connectivity index (χ4v) is 6.16. The smallest absolute Gasteiger partial charge is 0.282 e. The first kappa shape index (κ1) is 29.9. The van der Waals surface area contributed by atoms with Gasteiger partial charge in [0, 0.05) is 42.1 Å². The van der Waals surface area contributed by atoms with E-state index in [1.54, 1.807) is 49.2 Å². The maximum atomic E-state index is 13.3. The highest BCUT2D eigenvalue weighted by atomic mass is 16.5. The number of nitrogens with zero attached hydrogens (tertiary/aromatic N) is 4. The lowest BCUT2D eigenvalue weighted by atomic mass is 10.1. The van der Waals surface area contributed by atoms with E-state index in [2.05, 4.69) is 15.3 Å². The number of para-hydroxylation sites is 1. The minimum Gasteiger partial charge on any atom is -0.493 e. The van der Waals surface area contributed by atoms with Crippen LogP contribution in [0.15, 0.2) is 83.9 Å². The largest absolute Gasteiger partial charge is 0.493 e. The summed E-state index contributed by atoms with van der Waals surface area (Å²) in [5, 5.41) is 4.43. The molecule has 1 saturated carbocycles. The van der Waals surface area contributed by atoms with Gasteiger partial charge in [0.05, 0.1) is 42.6 Å². The van der Waals surface area contributed by atoms with Crippen LogP contribution in [0, 0.1) is 6.92 Å². The Morgan fingerprint density at radius 3 is 2.65 bits per heavy atom. The van der Waals surface area contributed by atoms with E-state index in [9.17, 15) is 9.59 Å². The number of rotatable bonds is 12. The van der Waals surface area contributed by atoms with Crippen LogP contribution in [0.25, 0.3) is 16.6 Å². The zero-order valence-electron chi connectivity index (χ0n) is 26.1. The molecule has 7 rings (SSSR count). The first-order valence-electron chi connectivity index (χ1n) is 15.8. The van der Waals surface area contributed by atoms with E-state index < -0.39 is 0 Å². The fourth-order valence-electron chi connectivity index (χ4n) is 6.16. The van der Waals surface area contributed by atoms with Gasteiger partial charge in [0.2, 0.25) is 0 Å². The molecule has 1 spiro atoms. The highest BCUT2D eigenvalue weighted by molar-refractivity contribution is 5.98. The number of ether oxygens (including phenoxy) is 3. The molecule has 46 heavy (non-hydrogen) atoms. The molecule has 236 valence electrons. The van der Waals surface area contributed by atoms with Gasteiger partial charge in [-0.2, -0.15) is 0 Å². The van der Waals surface area contributed by atoms with Crippen LogP contribution in [0.3, 0.4) is 0 Å². The van der Waals surface area contributed by atoms with Crippen LogP contribution in [0.1, 0.15) is 47.4 Å². The number of nitrogens with one attached hydrogen (secondary N) is 1. The normalized spacial score (nSPS) is 16.6. The number of fused-ring (bicyclic) bond motifs is 1. The van der Waals surface area contributed by atoms with Gasteiger partial charge in [-0.3, -0.25) is 24.2 Å². The summed E-state index contributed by atoms with van der Waals surface area (Å²) in [6, 6.07) is 20.8. The molecule has 2 aromatic carbocycles. The molecule has 2 aliphatic rings. The summed E-state index contributed by atoms with van der Waals surface area (Å²) < 4.78 is 21.3. The molecule has 1 aliphatic heterocycles. The Labute approximate surface area is 266 Å². The SMILES string of the molecule is Cc1c(C(=O)Cc2ccc(Oc3ccnc4cc(OCCCNC5COC6(CC6)C5)ccc34)cn2)c(=O)n(-c2ccccc2)n1C. The van der Waals surface area contributed by atoms with E-state index in [-0.39, 0.29) is 28.9 Å². The monoisotopic (exact) mass is 619 g/mol. The Bertz CT molecular complexity index is 1930. The average Bonchev–Trinajstić information content (AvgIpc) is 3.64. The predicted octanol–water partition coefficient (Wildman–Crippen LogP) is 5.33. The van der Waals surface area contributed by atoms with Crippen LogP contribution >= 0.6 is 0 Å². The number of Topliss-reactive ketones (excluding diaryl/α,β-unsaturated/α-hetero) is 1. The van der Waals surface area contributed by atoms with E-state index in [1.807, 2.05) is 48.5 Å². The second-order valence-electron chi connectivity index (χ2n) is 12.2. The van der Waals surface area contributed by atoms with Gasteiger partial charge in [0.25, 0.3) is 5.56 Å². The van der Waals surface area contributed by atoms with Crippen molar-refractivity contribution in [1.82, 2.24) is 24.6 Å². The summed E-state index contributed by atoms with van der Waals surface area (Å²) in [5.74, 6) is 1.65. The van der Waals surface area contributed by atoms with Gasteiger partial charge in [-0.15, -0.1) is 0 Å². The van der Waals surface area contributed by atoms with Crippen LogP contribution in [0.4, 0.5) is 0 Å². The highest BCUT2D eigenvalue weighted by Crippen LogP contribution is 2.47. The van der Waals surface area contributed by atoms with Gasteiger partial charge in [0.15, 0.2) is 5.78 Å². The zero-order valence-corrected chi connectivity index (χ0v) is 26.1. The number of benzene rings is 2. The quantitative estimate of drug-likeness (QED) is 0.148. The number of hydrogen-bond donors (Lipinski definition) is 1. The van der Waals surface area contributed by atoms with Crippen molar-refractivity contribution >= 4 is 16.7 Å². The fraction of sp³-hybridized carbons (Fsp3) is 0.333. The van der Waals surface area contributed by atoms with E-state index in [0.29, 0.717) is 41.2 Å². The van der Waals surface area contributed by atoms with E-state index in [0.717, 1.165) is 42.6 Å². The number of carbonyl (C=O) groups is 1. The van der Waals surface area contributed by atoms with Crippen molar-refractivity contribution in [3.05, 3.63) is 106 Å². The molecule has 1 atom stereocenters. The summed E-state index contributed by atoms with van der Waals surface area (Å²) in [7, 11) is 1.77. The van der Waals surface area contributed by atoms with Crippen molar-refractivity contribution in [3.8, 4) is 22.9 Å². The number of pyridine rings is 2. The topological polar surface area (TPSA) is 110 Å². The highest BCUT2D eigenvalue weighted by Gasteiger charge is 2.49. The van der Waals surface area contributed by atoms with Crippen molar-refractivity contribution < 1.29 is 19.0 Å². The summed E-state index contributed by atoms with van der Waals surface area (Å²) in [5.41, 5.74) is 2.65. The van der Waals surface area contributed by atoms with Crippen LogP contribution in [-0.2, 0) is 18.2 Å². The van der Waals surface area contributed by atoms with Crippen LogP contribution in [0.5, 0.6) is 17.2 Å². The Kier molecular flexibility index (Phi) is 8.14. The second kappa shape index (κ2) is 12.5. The first-order valence-corrected chi connectivity index (χ1v) is 15.8. The molecule has 4 heterocycles. The molecular formula is C36H37N5O5. The average molecular weight is 620 g/mol. The third-order valence-electron chi connectivity index (χ3n) is 8.91. The van der Waals surface area contributed by atoms with Crippen molar-refractivity contribution in [3.63, 3.8) is 0 Å². The summed E-state index contributed by atoms with van der Waals surface area (Å²) in [6.07, 6.45) is 7.74. The maximum Gasteiger partial charge on any atom is 0.282 e. The number of hydrogen-bond acceptors (Lipinski definition) is 8. The lowest BCUT2D eigenvalue weighted by molar-refractivity contribution is 0.0886. The second-order valence-corrected chi connectivity index (χ2v) is 12.2. The molecule has 10 nitrogen and oxygen atoms in total. The van der Waals surface area contributed by atoms with Gasteiger partial charge < -0.3 is 19.5 Å². The lowest BCUT2D eigenvalue weighted by Gasteiger charge is -2.12. The summed E-state index contributed by atoms with van der Waals surface area (Å²) in [4.78, 5) is 35.5. The van der Waals surface area contributed by atoms with E-state index in [1.165, 1.54) is 17.5 Å². The van der Waals surface area contributed by atoms with Gasteiger partial charge in [-0.25, -0.2) is 4.68 Å². The molecule has 1 unspecified atom stereocenters. The van der Waals surface area contributed by atoms with Crippen molar-refractivity contribution in [1.29, 1.82) is 0 Å². The standard InChI is InChI=1S/C36H37N5O5/c1-24-34(35(43)41(40(24)2)27-7-4-3-5-8-27)32(42)19-25-9-10-29(22-39-25)46-33-13-17-38-31-20-28(11-12-30(31)33)44-18-6-16-37-26-21-36(14-15-36)45-23-26/h3-5,7-13,17,20,22,26,37H,6,14-16,18-19,21,23H2,1-2H3. The van der Waals surface area contributed by atoms with Crippen molar-refractivity contribution in [2.24, 2.45) is 7.05 Å². The molecule has 2 fully saturated rings. The van der Waals surface area contributed by atoms with E-state index in [4.69, 9.17) is 14.2 Å². The van der Waals surface area contributed by atoms with Gasteiger partial charge in [0.1, 0.15) is 22.8 Å². The Balaban J connectivity index is 0.955. The van der Waals surface area contributed by atoms with Gasteiger partial charge in [-0.05, 0) is 81.6 Å². The number of carbonyl (C=O) groups excluding carboxylic acids is 1. The third kappa shape index (κ3) is 6.18. The molecule has 10 heteroatoms. The van der Waals surface area contributed by atoms with Crippen molar-refractivity contribution in [2.45, 2.75) is 50.7 Å². The number of ketones is 1. The first-order chi connectivity index (χ1) is 22.4. The predicted molar refractivity (Wildman–Crippen MR) is 174 cm³/mol. The molecule has 1 saturated heterocycles. The van der Waals surface area contributed by atoms with Crippen LogP contribution in [0.2, 0.25) is 0 Å². The van der Waals surface area contributed by atoms with Crippen molar-refractivity contribution in [2.75, 3.05) is 19.8 Å². The van der Waals surface area contributed by atoms with Crippen LogP contribution in [-0.4, -0.2) is 56.5 Å². The minimum absolute atomic E-state index is 0.00187. The molecule has 1 aliphatic carbocycles. The Hall–Kier alpha value is -4.80. The lowest BCUT2D eigenvalue weighted by Crippen LogP contribution is -2.31. The molecular weight excluding hydrogens is 582 g/mol. The molecule has 1 N–H and O–H groups in total. The van der Waals surface area contributed by atoms with E-state index >= 15 is 0 Å². The maximum absolute atomic E-state index is 13.3. The minimum atomic E-state index is -0.340. The summed E-state index contributed by atoms with van der Waals surface area (Å²) in [6.45, 7) is 4.10. The van der Waals surface area contributed by atoms with Gasteiger partial charge >= 0.3 is 0 Å². The Morgan fingerprint density at radius 1 is 1.07 bits per heavy atom. The summed E-state index contributed by atoms with van der Waals surface area (Å²) >= 11 is 0. The molecule has 5 aromatic rings. The Morgan fingerprint density at radius 2 is 1.89 bits per heavy atom. The molecule has 0 bridgehead atoms. The van der Waals surface area contributed by atoms with Gasteiger partial charge in [-0.1, -0.05) is 18.2 Å². The number of aromatic nitrogens is 4. The molecule has 0 radical (unpaired) electrons.